The molecule has 0 saturated heterocycles. The highest BCUT2D eigenvalue weighted by Gasteiger charge is 2.35. The maximum Gasteiger partial charge on any atom is 0.249 e. The van der Waals surface area contributed by atoms with E-state index in [9.17, 15) is 9.59 Å². The van der Waals surface area contributed by atoms with E-state index in [0.29, 0.717) is 40.7 Å². The maximum atomic E-state index is 14.1. The zero-order valence-electron chi connectivity index (χ0n) is 22.1. The second-order valence-corrected chi connectivity index (χ2v) is 9.32. The van der Waals surface area contributed by atoms with Crippen molar-refractivity contribution in [3.05, 3.63) is 78.4 Å². The number of carbonyl (C=O) groups is 2. The van der Waals surface area contributed by atoms with Crippen LogP contribution in [0.5, 0.6) is 11.5 Å². The van der Waals surface area contributed by atoms with Crippen LogP contribution in [0.2, 0.25) is 0 Å². The summed E-state index contributed by atoms with van der Waals surface area (Å²) in [7, 11) is 3.10. The average Bonchev–Trinajstić information content (AvgIpc) is 3.33. The molecule has 4 rings (SSSR count). The fraction of sp³-hybridized carbons (Fsp3) is 0.310. The number of methoxy groups -OCH3 is 2. The lowest BCUT2D eigenvalue weighted by Crippen LogP contribution is -2.45. The van der Waals surface area contributed by atoms with Crippen molar-refractivity contribution >= 4 is 28.5 Å². The molecule has 2 amide bonds. The first-order chi connectivity index (χ1) is 18.4. The lowest BCUT2D eigenvalue weighted by atomic mass is 10.0. The van der Waals surface area contributed by atoms with Crippen molar-refractivity contribution in [2.45, 2.75) is 32.9 Å². The Morgan fingerprint density at radius 2 is 1.74 bits per heavy atom. The van der Waals surface area contributed by atoms with Crippen molar-refractivity contribution in [3.8, 4) is 11.5 Å². The van der Waals surface area contributed by atoms with Crippen molar-refractivity contribution in [3.63, 3.8) is 0 Å². The highest BCUT2D eigenvalue weighted by Crippen LogP contribution is 2.36. The number of rotatable bonds is 11. The molecule has 1 aromatic heterocycles. The highest BCUT2D eigenvalue weighted by atomic mass is 16.5. The second-order valence-electron chi connectivity index (χ2n) is 9.32. The molecule has 0 bridgehead atoms. The first-order valence-corrected chi connectivity index (χ1v) is 12.6. The molecule has 0 saturated carbocycles. The molecule has 1 atom stereocenters. The number of amides is 2. The van der Waals surface area contributed by atoms with Gasteiger partial charge in [0.15, 0.2) is 0 Å². The first-order valence-electron chi connectivity index (χ1n) is 12.6. The zero-order valence-corrected chi connectivity index (χ0v) is 22.1. The topological polar surface area (TPSA) is 98.6 Å². The predicted molar refractivity (Wildman–Crippen MR) is 146 cm³/mol. The molecular formula is C29H33N5O4. The monoisotopic (exact) mass is 515 g/mol. The van der Waals surface area contributed by atoms with Crippen LogP contribution in [0.15, 0.2) is 72.8 Å². The Labute approximate surface area is 222 Å². The third-order valence-electron chi connectivity index (χ3n) is 6.26. The third kappa shape index (κ3) is 5.94. The zero-order chi connectivity index (χ0) is 27.1. The van der Waals surface area contributed by atoms with Gasteiger partial charge in [-0.1, -0.05) is 55.5 Å². The Morgan fingerprint density at radius 3 is 2.50 bits per heavy atom. The molecular weight excluding hydrogens is 482 g/mol. The van der Waals surface area contributed by atoms with Gasteiger partial charge in [0.2, 0.25) is 11.8 Å². The van der Waals surface area contributed by atoms with Crippen LogP contribution in [0.25, 0.3) is 11.0 Å². The molecule has 0 radical (unpaired) electrons. The molecule has 1 heterocycles. The van der Waals surface area contributed by atoms with Gasteiger partial charge in [0, 0.05) is 6.54 Å². The van der Waals surface area contributed by atoms with Crippen molar-refractivity contribution in [1.29, 1.82) is 0 Å². The van der Waals surface area contributed by atoms with Gasteiger partial charge < -0.3 is 14.8 Å². The summed E-state index contributed by atoms with van der Waals surface area (Å²) in [5.41, 5.74) is 2.48. The average molecular weight is 516 g/mol. The van der Waals surface area contributed by atoms with Crippen LogP contribution in [0.3, 0.4) is 0 Å². The number of hydrogen-bond donors (Lipinski definition) is 1. The summed E-state index contributed by atoms with van der Waals surface area (Å²) in [4.78, 5) is 29.5. The molecule has 9 heteroatoms. The van der Waals surface area contributed by atoms with Gasteiger partial charge >= 0.3 is 0 Å². The molecule has 0 unspecified atom stereocenters. The lowest BCUT2D eigenvalue weighted by Gasteiger charge is -2.32. The van der Waals surface area contributed by atoms with E-state index in [4.69, 9.17) is 9.47 Å². The number of carbonyl (C=O) groups excluding carboxylic acids is 2. The molecule has 38 heavy (non-hydrogen) atoms. The molecule has 0 fully saturated rings. The van der Waals surface area contributed by atoms with Crippen LogP contribution in [-0.2, 0) is 16.1 Å². The van der Waals surface area contributed by atoms with Crippen molar-refractivity contribution in [2.75, 3.05) is 25.7 Å². The lowest BCUT2D eigenvalue weighted by molar-refractivity contribution is -0.127. The molecule has 1 N–H and O–H groups in total. The summed E-state index contributed by atoms with van der Waals surface area (Å²) in [5.74, 6) is 0.807. The van der Waals surface area contributed by atoms with E-state index in [1.165, 1.54) is 12.0 Å². The standard InChI is InChI=1S/C29H33N5O4/c1-20(2)16-17-30-29(36)28(21-10-9-11-22(18-21)37-3)34(25-14-7-8-15-26(25)38-4)27(35)19-33-24-13-6-5-12-23(24)31-32-33/h5-15,18,20,28H,16-17,19H2,1-4H3,(H,30,36)/t28-/m1/s1. The second kappa shape index (κ2) is 12.2. The maximum absolute atomic E-state index is 14.1. The molecule has 3 aromatic carbocycles. The number of fused-ring (bicyclic) bond motifs is 1. The Balaban J connectivity index is 1.82. The minimum absolute atomic E-state index is 0.127. The van der Waals surface area contributed by atoms with E-state index in [1.54, 1.807) is 42.1 Å². The van der Waals surface area contributed by atoms with E-state index < -0.39 is 6.04 Å². The Kier molecular flexibility index (Phi) is 8.58. The summed E-state index contributed by atoms with van der Waals surface area (Å²) < 4.78 is 12.6. The normalized spacial score (nSPS) is 11.8. The summed E-state index contributed by atoms with van der Waals surface area (Å²) in [6.07, 6.45) is 0.810. The molecule has 4 aromatic rings. The molecule has 9 nitrogen and oxygen atoms in total. The van der Waals surface area contributed by atoms with Crippen LogP contribution in [0, 0.1) is 5.92 Å². The van der Waals surface area contributed by atoms with Gasteiger partial charge in [-0.2, -0.15) is 0 Å². The van der Waals surface area contributed by atoms with E-state index in [2.05, 4.69) is 29.5 Å². The summed E-state index contributed by atoms with van der Waals surface area (Å²) >= 11 is 0. The molecule has 0 aliphatic rings. The smallest absolute Gasteiger partial charge is 0.249 e. The Hall–Kier alpha value is -4.40. The Bertz CT molecular complexity index is 1400. The molecule has 0 aliphatic carbocycles. The SMILES string of the molecule is COc1cccc([C@H](C(=O)NCCC(C)C)N(C(=O)Cn2nnc3ccccc32)c2ccccc2OC)c1. The number of hydrogen-bond acceptors (Lipinski definition) is 6. The number of nitrogens with zero attached hydrogens (tertiary/aromatic N) is 4. The number of aromatic nitrogens is 3. The van der Waals surface area contributed by atoms with Gasteiger partial charge in [0.05, 0.1) is 25.4 Å². The number of para-hydroxylation sites is 3. The molecule has 0 aliphatic heterocycles. The molecule has 0 spiro atoms. The summed E-state index contributed by atoms with van der Waals surface area (Å²) in [5, 5.41) is 11.4. The van der Waals surface area contributed by atoms with E-state index in [-0.39, 0.29) is 18.4 Å². The van der Waals surface area contributed by atoms with Gasteiger partial charge in [-0.3, -0.25) is 14.5 Å². The van der Waals surface area contributed by atoms with Crippen LogP contribution in [-0.4, -0.2) is 47.6 Å². The third-order valence-corrected chi connectivity index (χ3v) is 6.26. The van der Waals surface area contributed by atoms with E-state index >= 15 is 0 Å². The van der Waals surface area contributed by atoms with Crippen molar-refractivity contribution in [2.24, 2.45) is 5.92 Å². The Morgan fingerprint density at radius 1 is 0.974 bits per heavy atom. The van der Waals surface area contributed by atoms with Crippen LogP contribution in [0.1, 0.15) is 31.9 Å². The minimum atomic E-state index is -0.990. The van der Waals surface area contributed by atoms with Crippen LogP contribution in [0.4, 0.5) is 5.69 Å². The first kappa shape index (κ1) is 26.7. The van der Waals surface area contributed by atoms with Crippen LogP contribution >= 0.6 is 0 Å². The number of anilines is 1. The van der Waals surface area contributed by atoms with E-state index in [0.717, 1.165) is 11.9 Å². The van der Waals surface area contributed by atoms with Gasteiger partial charge in [-0.05, 0) is 54.3 Å². The highest BCUT2D eigenvalue weighted by molar-refractivity contribution is 6.02. The van der Waals surface area contributed by atoms with Gasteiger partial charge in [0.1, 0.15) is 29.6 Å². The van der Waals surface area contributed by atoms with Crippen LogP contribution < -0.4 is 19.7 Å². The van der Waals surface area contributed by atoms with Gasteiger partial charge in [-0.15, -0.1) is 5.10 Å². The minimum Gasteiger partial charge on any atom is -0.497 e. The number of ether oxygens (including phenoxy) is 2. The van der Waals surface area contributed by atoms with Gasteiger partial charge in [-0.25, -0.2) is 4.68 Å². The van der Waals surface area contributed by atoms with Crippen molar-refractivity contribution < 1.29 is 19.1 Å². The molecule has 198 valence electrons. The summed E-state index contributed by atoms with van der Waals surface area (Å²) in [6.45, 7) is 4.55. The largest absolute Gasteiger partial charge is 0.497 e. The quantitative estimate of drug-likeness (QED) is 0.318. The fourth-order valence-electron chi connectivity index (χ4n) is 4.29. The fourth-order valence-corrected chi connectivity index (χ4v) is 4.29. The number of benzene rings is 3. The van der Waals surface area contributed by atoms with Crippen molar-refractivity contribution in [1.82, 2.24) is 20.3 Å². The van der Waals surface area contributed by atoms with E-state index in [1.807, 2.05) is 42.5 Å². The predicted octanol–water partition coefficient (Wildman–Crippen LogP) is 4.39. The summed E-state index contributed by atoms with van der Waals surface area (Å²) in [6, 6.07) is 20.8. The van der Waals surface area contributed by atoms with Gasteiger partial charge in [0.25, 0.3) is 0 Å². The number of nitrogens with one attached hydrogen (secondary N) is 1.